The first-order chi connectivity index (χ1) is 10.7. The normalized spacial score (nSPS) is 27.0. The molecule has 1 aromatic rings. The lowest BCUT2D eigenvalue weighted by atomic mass is 9.98. The predicted octanol–water partition coefficient (Wildman–Crippen LogP) is 0.237. The molecule has 0 unspecified atom stereocenters. The lowest BCUT2D eigenvalue weighted by Gasteiger charge is -2.36. The van der Waals surface area contributed by atoms with Gasteiger partial charge in [0.05, 0.1) is 19.3 Å². The summed E-state index contributed by atoms with van der Waals surface area (Å²) in [5.74, 6) is 0.781. The minimum absolute atomic E-state index is 0.152. The van der Waals surface area contributed by atoms with Gasteiger partial charge in [0.25, 0.3) is 0 Å². The molecule has 1 amide bonds. The van der Waals surface area contributed by atoms with Crippen LogP contribution in [-0.4, -0.2) is 75.9 Å². The molecule has 3 rings (SSSR count). The molecular formula is C15H25N5O2. The van der Waals surface area contributed by atoms with E-state index < -0.39 is 0 Å². The van der Waals surface area contributed by atoms with E-state index in [0.717, 1.165) is 39.1 Å². The number of likely N-dealkylation sites (tertiary alicyclic amines) is 1. The molecule has 2 fully saturated rings. The third-order valence-electron chi connectivity index (χ3n) is 4.47. The Morgan fingerprint density at radius 1 is 1.36 bits per heavy atom. The number of rotatable bonds is 4. The number of amides is 1. The van der Waals surface area contributed by atoms with E-state index in [0.29, 0.717) is 19.1 Å². The summed E-state index contributed by atoms with van der Waals surface area (Å²) in [6, 6.07) is 0. The van der Waals surface area contributed by atoms with Gasteiger partial charge in [-0.25, -0.2) is 4.98 Å². The molecule has 2 aliphatic heterocycles. The molecule has 0 aromatic carbocycles. The predicted molar refractivity (Wildman–Crippen MR) is 81.2 cm³/mol. The van der Waals surface area contributed by atoms with Crippen LogP contribution in [0.25, 0.3) is 0 Å². The summed E-state index contributed by atoms with van der Waals surface area (Å²) in [6.07, 6.45) is 5.83. The maximum atomic E-state index is 12.4. The molecule has 0 saturated carbocycles. The molecule has 7 heteroatoms. The summed E-state index contributed by atoms with van der Waals surface area (Å²) in [5, 5.41) is 4.18. The average Bonchev–Trinajstić information content (AvgIpc) is 3.00. The topological polar surface area (TPSA) is 63.5 Å². The Morgan fingerprint density at radius 3 is 3.05 bits per heavy atom. The van der Waals surface area contributed by atoms with Crippen LogP contribution >= 0.6 is 0 Å². The highest BCUT2D eigenvalue weighted by molar-refractivity contribution is 5.78. The SMILES string of the molecule is C[C@@H]1CN(C(=O)CN2CCC[C@H](Cn3cncn3)C2)CCO1. The van der Waals surface area contributed by atoms with Crippen LogP contribution in [-0.2, 0) is 16.1 Å². The van der Waals surface area contributed by atoms with Gasteiger partial charge in [-0.3, -0.25) is 14.4 Å². The van der Waals surface area contributed by atoms with Crippen LogP contribution in [0.2, 0.25) is 0 Å². The van der Waals surface area contributed by atoms with E-state index >= 15 is 0 Å². The molecule has 0 spiro atoms. The van der Waals surface area contributed by atoms with Crippen LogP contribution in [0.4, 0.5) is 0 Å². The molecule has 3 heterocycles. The fraction of sp³-hybridized carbons (Fsp3) is 0.800. The van der Waals surface area contributed by atoms with Gasteiger partial charge in [-0.1, -0.05) is 0 Å². The summed E-state index contributed by atoms with van der Waals surface area (Å²) in [6.45, 7) is 7.51. The van der Waals surface area contributed by atoms with Crippen molar-refractivity contribution in [1.29, 1.82) is 0 Å². The van der Waals surface area contributed by atoms with Crippen LogP contribution in [0.15, 0.2) is 12.7 Å². The zero-order chi connectivity index (χ0) is 15.4. The largest absolute Gasteiger partial charge is 0.375 e. The van der Waals surface area contributed by atoms with Crippen molar-refractivity contribution in [2.75, 3.05) is 39.3 Å². The van der Waals surface area contributed by atoms with Crippen molar-refractivity contribution in [1.82, 2.24) is 24.6 Å². The quantitative estimate of drug-likeness (QED) is 0.797. The highest BCUT2D eigenvalue weighted by atomic mass is 16.5. The number of hydrogen-bond donors (Lipinski definition) is 0. The number of ether oxygens (including phenoxy) is 1. The van der Waals surface area contributed by atoms with Crippen molar-refractivity contribution in [2.45, 2.75) is 32.4 Å². The average molecular weight is 307 g/mol. The summed E-state index contributed by atoms with van der Waals surface area (Å²) >= 11 is 0. The second-order valence-corrected chi connectivity index (χ2v) is 6.38. The summed E-state index contributed by atoms with van der Waals surface area (Å²) in [5.41, 5.74) is 0. The molecule has 22 heavy (non-hydrogen) atoms. The lowest BCUT2D eigenvalue weighted by Crippen LogP contribution is -2.49. The lowest BCUT2D eigenvalue weighted by molar-refractivity contribution is -0.139. The molecule has 0 bridgehead atoms. The highest BCUT2D eigenvalue weighted by Gasteiger charge is 2.26. The van der Waals surface area contributed by atoms with Gasteiger partial charge in [-0.15, -0.1) is 0 Å². The Balaban J connectivity index is 1.48. The van der Waals surface area contributed by atoms with Gasteiger partial charge in [0.2, 0.25) is 5.91 Å². The third kappa shape index (κ3) is 4.04. The van der Waals surface area contributed by atoms with E-state index in [9.17, 15) is 4.79 Å². The minimum Gasteiger partial charge on any atom is -0.375 e. The number of morpholine rings is 1. The van der Waals surface area contributed by atoms with Gasteiger partial charge in [-0.2, -0.15) is 5.10 Å². The fourth-order valence-electron chi connectivity index (χ4n) is 3.37. The van der Waals surface area contributed by atoms with Crippen molar-refractivity contribution in [3.05, 3.63) is 12.7 Å². The molecule has 1 aromatic heterocycles. The van der Waals surface area contributed by atoms with Crippen molar-refractivity contribution in [2.24, 2.45) is 5.92 Å². The minimum atomic E-state index is 0.152. The van der Waals surface area contributed by atoms with E-state index in [1.807, 2.05) is 16.5 Å². The van der Waals surface area contributed by atoms with Crippen molar-refractivity contribution in [3.8, 4) is 0 Å². The Hall–Kier alpha value is -1.47. The molecule has 0 N–H and O–H groups in total. The van der Waals surface area contributed by atoms with Crippen LogP contribution in [0.5, 0.6) is 0 Å². The van der Waals surface area contributed by atoms with Crippen molar-refractivity contribution >= 4 is 5.91 Å². The van der Waals surface area contributed by atoms with Gasteiger partial charge in [-0.05, 0) is 32.2 Å². The van der Waals surface area contributed by atoms with Crippen LogP contribution in [0.3, 0.4) is 0 Å². The van der Waals surface area contributed by atoms with Crippen LogP contribution < -0.4 is 0 Å². The van der Waals surface area contributed by atoms with E-state index in [1.54, 1.807) is 12.7 Å². The second kappa shape index (κ2) is 7.19. The van der Waals surface area contributed by atoms with E-state index in [1.165, 1.54) is 6.42 Å². The highest BCUT2D eigenvalue weighted by Crippen LogP contribution is 2.18. The maximum absolute atomic E-state index is 12.4. The number of hydrogen-bond acceptors (Lipinski definition) is 5. The van der Waals surface area contributed by atoms with Crippen molar-refractivity contribution < 1.29 is 9.53 Å². The fourth-order valence-corrected chi connectivity index (χ4v) is 3.37. The Kier molecular flexibility index (Phi) is 5.04. The number of carbonyl (C=O) groups is 1. The summed E-state index contributed by atoms with van der Waals surface area (Å²) < 4.78 is 7.39. The molecule has 0 radical (unpaired) electrons. The van der Waals surface area contributed by atoms with Gasteiger partial charge in [0.15, 0.2) is 0 Å². The third-order valence-corrected chi connectivity index (χ3v) is 4.47. The number of carbonyl (C=O) groups excluding carboxylic acids is 1. The first-order valence-corrected chi connectivity index (χ1v) is 8.15. The Bertz CT molecular complexity index is 478. The smallest absolute Gasteiger partial charge is 0.236 e. The van der Waals surface area contributed by atoms with Gasteiger partial charge in [0.1, 0.15) is 12.7 Å². The Labute approximate surface area is 131 Å². The molecule has 122 valence electrons. The van der Waals surface area contributed by atoms with Gasteiger partial charge >= 0.3 is 0 Å². The molecule has 2 saturated heterocycles. The monoisotopic (exact) mass is 307 g/mol. The first kappa shape index (κ1) is 15.4. The Morgan fingerprint density at radius 2 is 2.27 bits per heavy atom. The number of aromatic nitrogens is 3. The standard InChI is InChI=1S/C15H25N5O2/c1-13-7-19(5-6-22-13)15(21)10-18-4-2-3-14(8-18)9-20-12-16-11-17-20/h11-14H,2-10H2,1H3/t13-,14+/m1/s1. The number of piperidine rings is 1. The second-order valence-electron chi connectivity index (χ2n) is 6.38. The maximum Gasteiger partial charge on any atom is 0.236 e. The number of nitrogens with zero attached hydrogens (tertiary/aromatic N) is 5. The summed E-state index contributed by atoms with van der Waals surface area (Å²) in [7, 11) is 0. The molecular weight excluding hydrogens is 282 g/mol. The molecule has 2 aliphatic rings. The molecule has 7 nitrogen and oxygen atoms in total. The summed E-state index contributed by atoms with van der Waals surface area (Å²) in [4.78, 5) is 20.7. The van der Waals surface area contributed by atoms with E-state index in [-0.39, 0.29) is 12.0 Å². The molecule has 0 aliphatic carbocycles. The van der Waals surface area contributed by atoms with Crippen LogP contribution in [0.1, 0.15) is 19.8 Å². The van der Waals surface area contributed by atoms with E-state index in [2.05, 4.69) is 15.0 Å². The zero-order valence-corrected chi connectivity index (χ0v) is 13.2. The van der Waals surface area contributed by atoms with Crippen LogP contribution in [0, 0.1) is 5.92 Å². The zero-order valence-electron chi connectivity index (χ0n) is 13.2. The van der Waals surface area contributed by atoms with E-state index in [4.69, 9.17) is 4.74 Å². The first-order valence-electron chi connectivity index (χ1n) is 8.15. The molecule has 2 atom stereocenters. The van der Waals surface area contributed by atoms with Gasteiger partial charge in [0, 0.05) is 26.2 Å². The van der Waals surface area contributed by atoms with Crippen molar-refractivity contribution in [3.63, 3.8) is 0 Å². The van der Waals surface area contributed by atoms with Gasteiger partial charge < -0.3 is 9.64 Å².